The van der Waals surface area contributed by atoms with Crippen LogP contribution in [0.5, 0.6) is 0 Å². The molecule has 1 fully saturated rings. The number of hydrogen-bond donors (Lipinski definition) is 1. The molecule has 1 aliphatic heterocycles. The lowest BCUT2D eigenvalue weighted by molar-refractivity contribution is -0.140. The number of hydrogen-bond acceptors (Lipinski definition) is 5. The first kappa shape index (κ1) is 17.4. The van der Waals surface area contributed by atoms with Crippen molar-refractivity contribution < 1.29 is 17.9 Å². The molecule has 1 atom stereocenters. The monoisotopic (exact) mass is 306 g/mol. The summed E-state index contributed by atoms with van der Waals surface area (Å²) in [6, 6.07) is 0.187. The van der Waals surface area contributed by atoms with E-state index in [0.717, 1.165) is 32.2 Å². The first-order valence-corrected chi connectivity index (χ1v) is 8.97. The minimum Gasteiger partial charge on any atom is -0.465 e. The number of nitrogens with zero attached hydrogens (tertiary/aromatic N) is 1. The van der Waals surface area contributed by atoms with Gasteiger partial charge < -0.3 is 10.1 Å². The topological polar surface area (TPSA) is 75.7 Å². The highest BCUT2D eigenvalue weighted by Crippen LogP contribution is 2.12. The quantitative estimate of drug-likeness (QED) is 0.669. The second-order valence-electron chi connectivity index (χ2n) is 5.07. The van der Waals surface area contributed by atoms with Crippen molar-refractivity contribution in [1.29, 1.82) is 0 Å². The van der Waals surface area contributed by atoms with Gasteiger partial charge in [-0.25, -0.2) is 8.42 Å². The number of esters is 1. The van der Waals surface area contributed by atoms with Gasteiger partial charge in [-0.2, -0.15) is 4.31 Å². The van der Waals surface area contributed by atoms with Crippen LogP contribution in [-0.4, -0.2) is 56.7 Å². The molecule has 20 heavy (non-hydrogen) atoms. The third-order valence-corrected chi connectivity index (χ3v) is 5.03. The van der Waals surface area contributed by atoms with Crippen molar-refractivity contribution in [2.75, 3.05) is 32.0 Å². The van der Waals surface area contributed by atoms with Gasteiger partial charge in [0, 0.05) is 19.1 Å². The number of carbonyl (C=O) groups is 1. The Labute approximate surface area is 121 Å². The summed E-state index contributed by atoms with van der Waals surface area (Å²) in [5.41, 5.74) is 0. The van der Waals surface area contributed by atoms with Crippen molar-refractivity contribution >= 4 is 16.0 Å². The van der Waals surface area contributed by atoms with Gasteiger partial charge in [0.05, 0.1) is 6.61 Å². The van der Waals surface area contributed by atoms with Crippen LogP contribution >= 0.6 is 0 Å². The van der Waals surface area contributed by atoms with Crippen LogP contribution in [0.25, 0.3) is 0 Å². The lowest BCUT2D eigenvalue weighted by Gasteiger charge is -2.29. The van der Waals surface area contributed by atoms with Crippen molar-refractivity contribution in [3.8, 4) is 0 Å². The molecular weight excluding hydrogens is 280 g/mol. The van der Waals surface area contributed by atoms with E-state index >= 15 is 0 Å². The highest BCUT2D eigenvalue weighted by molar-refractivity contribution is 7.89. The fourth-order valence-electron chi connectivity index (χ4n) is 2.36. The molecule has 118 valence electrons. The number of nitrogens with one attached hydrogen (secondary N) is 1. The molecule has 0 aromatic heterocycles. The van der Waals surface area contributed by atoms with Gasteiger partial charge in [-0.15, -0.1) is 0 Å². The zero-order valence-electron chi connectivity index (χ0n) is 12.4. The Morgan fingerprint density at radius 3 is 2.65 bits per heavy atom. The van der Waals surface area contributed by atoms with E-state index in [1.165, 1.54) is 4.31 Å². The third kappa shape index (κ3) is 5.76. The van der Waals surface area contributed by atoms with Gasteiger partial charge in [0.15, 0.2) is 5.75 Å². The molecule has 7 heteroatoms. The van der Waals surface area contributed by atoms with Gasteiger partial charge in [0.25, 0.3) is 0 Å². The SMILES string of the molecule is CCCN(CC1CCCCN1)S(=O)(=O)CC(=O)OCC. The average molecular weight is 306 g/mol. The maximum absolute atomic E-state index is 12.3. The first-order valence-electron chi connectivity index (χ1n) is 7.36. The van der Waals surface area contributed by atoms with E-state index in [9.17, 15) is 13.2 Å². The molecule has 1 N–H and O–H groups in total. The van der Waals surface area contributed by atoms with E-state index < -0.39 is 21.7 Å². The zero-order chi connectivity index (χ0) is 15.0. The van der Waals surface area contributed by atoms with Gasteiger partial charge >= 0.3 is 5.97 Å². The lowest BCUT2D eigenvalue weighted by atomic mass is 10.1. The van der Waals surface area contributed by atoms with Gasteiger partial charge in [-0.1, -0.05) is 13.3 Å². The average Bonchev–Trinajstić information content (AvgIpc) is 2.39. The highest BCUT2D eigenvalue weighted by Gasteiger charge is 2.28. The minimum absolute atomic E-state index is 0.187. The Hall–Kier alpha value is -0.660. The second kappa shape index (κ2) is 8.59. The number of rotatable bonds is 8. The summed E-state index contributed by atoms with van der Waals surface area (Å²) in [5, 5.41) is 3.34. The van der Waals surface area contributed by atoms with Gasteiger partial charge in [-0.3, -0.25) is 4.79 Å². The highest BCUT2D eigenvalue weighted by atomic mass is 32.2. The molecule has 0 aromatic rings. The molecule has 1 rings (SSSR count). The molecular formula is C13H26N2O4S. The van der Waals surface area contributed by atoms with Gasteiger partial charge in [0.2, 0.25) is 10.0 Å². The first-order chi connectivity index (χ1) is 9.49. The number of ether oxygens (including phenoxy) is 1. The molecule has 1 aliphatic rings. The van der Waals surface area contributed by atoms with Gasteiger partial charge in [-0.05, 0) is 32.7 Å². The predicted octanol–water partition coefficient (Wildman–Crippen LogP) is 0.733. The summed E-state index contributed by atoms with van der Waals surface area (Å²) in [4.78, 5) is 11.4. The van der Waals surface area contributed by atoms with Crippen LogP contribution in [-0.2, 0) is 19.6 Å². The van der Waals surface area contributed by atoms with Crippen LogP contribution in [0.15, 0.2) is 0 Å². The van der Waals surface area contributed by atoms with E-state index in [4.69, 9.17) is 4.74 Å². The van der Waals surface area contributed by atoms with Crippen molar-refractivity contribution in [2.45, 2.75) is 45.6 Å². The number of carbonyl (C=O) groups excluding carboxylic acids is 1. The van der Waals surface area contributed by atoms with E-state index in [1.54, 1.807) is 6.92 Å². The van der Waals surface area contributed by atoms with Crippen LogP contribution < -0.4 is 5.32 Å². The summed E-state index contributed by atoms with van der Waals surface area (Å²) in [6.07, 6.45) is 3.97. The summed E-state index contributed by atoms with van der Waals surface area (Å²) in [5.74, 6) is -1.24. The molecule has 1 unspecified atom stereocenters. The molecule has 0 radical (unpaired) electrons. The van der Waals surface area contributed by atoms with Crippen molar-refractivity contribution in [3.05, 3.63) is 0 Å². The largest absolute Gasteiger partial charge is 0.465 e. The summed E-state index contributed by atoms with van der Waals surface area (Å²) in [7, 11) is -3.59. The Morgan fingerprint density at radius 2 is 2.10 bits per heavy atom. The Bertz CT molecular complexity index is 391. The van der Waals surface area contributed by atoms with E-state index in [0.29, 0.717) is 13.1 Å². The number of piperidine rings is 1. The van der Waals surface area contributed by atoms with E-state index in [1.807, 2.05) is 6.92 Å². The molecule has 0 aliphatic carbocycles. The van der Waals surface area contributed by atoms with Crippen LogP contribution in [0.2, 0.25) is 0 Å². The van der Waals surface area contributed by atoms with E-state index in [2.05, 4.69) is 5.32 Å². The molecule has 1 heterocycles. The predicted molar refractivity (Wildman–Crippen MR) is 77.9 cm³/mol. The second-order valence-corrected chi connectivity index (χ2v) is 7.03. The molecule has 0 aromatic carbocycles. The maximum atomic E-state index is 12.3. The standard InChI is InChI=1S/C13H26N2O4S/c1-3-9-15(10-12-7-5-6-8-14-12)20(17,18)11-13(16)19-4-2/h12,14H,3-11H2,1-2H3. The summed E-state index contributed by atoms with van der Waals surface area (Å²) >= 11 is 0. The van der Waals surface area contributed by atoms with Gasteiger partial charge in [0.1, 0.15) is 0 Å². The van der Waals surface area contributed by atoms with Crippen molar-refractivity contribution in [2.24, 2.45) is 0 Å². The smallest absolute Gasteiger partial charge is 0.322 e. The molecule has 0 bridgehead atoms. The van der Waals surface area contributed by atoms with Crippen LogP contribution in [0.3, 0.4) is 0 Å². The van der Waals surface area contributed by atoms with Crippen molar-refractivity contribution in [3.63, 3.8) is 0 Å². The van der Waals surface area contributed by atoms with Crippen LogP contribution in [0, 0.1) is 0 Å². The number of sulfonamides is 1. The zero-order valence-corrected chi connectivity index (χ0v) is 13.2. The molecule has 0 amide bonds. The normalized spacial score (nSPS) is 20.1. The summed E-state index contributed by atoms with van der Waals surface area (Å²) < 4.78 is 30.7. The Morgan fingerprint density at radius 1 is 1.35 bits per heavy atom. The Kier molecular flexibility index (Phi) is 7.47. The molecule has 1 saturated heterocycles. The van der Waals surface area contributed by atoms with Crippen LogP contribution in [0.4, 0.5) is 0 Å². The molecule has 0 spiro atoms. The maximum Gasteiger partial charge on any atom is 0.322 e. The third-order valence-electron chi connectivity index (χ3n) is 3.31. The lowest BCUT2D eigenvalue weighted by Crippen LogP contribution is -2.47. The fraction of sp³-hybridized carbons (Fsp3) is 0.923. The summed E-state index contributed by atoms with van der Waals surface area (Å²) in [6.45, 7) is 5.62. The van der Waals surface area contributed by atoms with Crippen molar-refractivity contribution in [1.82, 2.24) is 9.62 Å². The fourth-order valence-corrected chi connectivity index (χ4v) is 3.79. The van der Waals surface area contributed by atoms with E-state index in [-0.39, 0.29) is 12.6 Å². The molecule has 0 saturated carbocycles. The molecule has 6 nitrogen and oxygen atoms in total. The Balaban J connectivity index is 2.64. The van der Waals surface area contributed by atoms with Crippen LogP contribution in [0.1, 0.15) is 39.5 Å². The minimum atomic E-state index is -3.59.